The molecule has 6 heteroatoms. The van der Waals surface area contributed by atoms with E-state index in [0.29, 0.717) is 5.70 Å². The first kappa shape index (κ1) is 15.0. The molecule has 2 aromatic rings. The van der Waals surface area contributed by atoms with Crippen LogP contribution in [0.4, 0.5) is 5.69 Å². The lowest BCUT2D eigenvalue weighted by Gasteiger charge is -2.20. The van der Waals surface area contributed by atoms with Crippen LogP contribution >= 0.6 is 0 Å². The highest BCUT2D eigenvalue weighted by Gasteiger charge is 2.10. The van der Waals surface area contributed by atoms with E-state index in [1.54, 1.807) is 30.4 Å². The molecule has 1 heterocycles. The van der Waals surface area contributed by atoms with E-state index < -0.39 is 0 Å². The molecule has 0 saturated heterocycles. The minimum Gasteiger partial charge on any atom is -0.343 e. The van der Waals surface area contributed by atoms with Crippen molar-refractivity contribution in [3.8, 4) is 12.1 Å². The first-order valence-electron chi connectivity index (χ1n) is 6.55. The van der Waals surface area contributed by atoms with Crippen molar-refractivity contribution in [2.75, 3.05) is 11.9 Å². The number of hydrogen-bond donors (Lipinski definition) is 0. The molecule has 0 fully saturated rings. The average Bonchev–Trinajstić information content (AvgIpc) is 2.97. The van der Waals surface area contributed by atoms with Crippen molar-refractivity contribution in [2.24, 2.45) is 0 Å². The van der Waals surface area contributed by atoms with Crippen molar-refractivity contribution in [2.45, 2.75) is 6.92 Å². The van der Waals surface area contributed by atoms with E-state index in [1.165, 1.54) is 4.68 Å². The molecule has 0 aliphatic carbocycles. The molecule has 0 N–H and O–H groups in total. The second-order valence-corrected chi connectivity index (χ2v) is 4.53. The Balaban J connectivity index is 2.41. The third-order valence-electron chi connectivity index (χ3n) is 2.99. The maximum absolute atomic E-state index is 9.17. The standard InChI is InChI=1S/C16H14N6/c1-13-12-22(20-19-13)9-8-16(14(10-17)11-18)21(2)15-6-4-3-5-7-15/h3-9,12H,1-2H3/b9-8+. The molecule has 0 unspecified atom stereocenters. The fourth-order valence-corrected chi connectivity index (χ4v) is 1.88. The Bertz CT molecular complexity index is 770. The molecule has 2 rings (SSSR count). The zero-order valence-electron chi connectivity index (χ0n) is 12.3. The van der Waals surface area contributed by atoms with Crippen LogP contribution in [0, 0.1) is 29.6 Å². The van der Waals surface area contributed by atoms with Gasteiger partial charge in [0, 0.05) is 18.9 Å². The van der Waals surface area contributed by atoms with Crippen LogP contribution in [0.5, 0.6) is 0 Å². The molecule has 0 aliphatic heterocycles. The number of aryl methyl sites for hydroxylation is 1. The summed E-state index contributed by atoms with van der Waals surface area (Å²) < 4.78 is 1.53. The Morgan fingerprint density at radius 2 is 1.91 bits per heavy atom. The second-order valence-electron chi connectivity index (χ2n) is 4.53. The molecule has 22 heavy (non-hydrogen) atoms. The van der Waals surface area contributed by atoms with Gasteiger partial charge in [0.15, 0.2) is 5.57 Å². The summed E-state index contributed by atoms with van der Waals surface area (Å²) in [7, 11) is 1.80. The summed E-state index contributed by atoms with van der Waals surface area (Å²) in [5, 5.41) is 26.1. The van der Waals surface area contributed by atoms with Gasteiger partial charge in [-0.25, -0.2) is 4.68 Å². The number of nitrogens with zero attached hydrogens (tertiary/aromatic N) is 6. The average molecular weight is 290 g/mol. The van der Waals surface area contributed by atoms with E-state index in [1.807, 2.05) is 49.4 Å². The van der Waals surface area contributed by atoms with Crippen molar-refractivity contribution in [3.63, 3.8) is 0 Å². The highest BCUT2D eigenvalue weighted by molar-refractivity contribution is 5.60. The smallest absolute Gasteiger partial charge is 0.153 e. The number of benzene rings is 1. The normalized spacial score (nSPS) is 10.0. The molecule has 0 saturated carbocycles. The van der Waals surface area contributed by atoms with Gasteiger partial charge in [-0.2, -0.15) is 10.5 Å². The highest BCUT2D eigenvalue weighted by atomic mass is 15.4. The summed E-state index contributed by atoms with van der Waals surface area (Å²) in [4.78, 5) is 1.78. The van der Waals surface area contributed by atoms with Crippen molar-refractivity contribution in [1.82, 2.24) is 15.0 Å². The van der Waals surface area contributed by atoms with Gasteiger partial charge in [0.25, 0.3) is 0 Å². The minimum absolute atomic E-state index is 0.0273. The van der Waals surface area contributed by atoms with Crippen LogP contribution in [0.3, 0.4) is 0 Å². The van der Waals surface area contributed by atoms with Gasteiger partial charge in [0.05, 0.1) is 17.6 Å². The monoisotopic (exact) mass is 290 g/mol. The van der Waals surface area contributed by atoms with Crippen LogP contribution in [0.2, 0.25) is 0 Å². The molecule has 0 atom stereocenters. The molecule has 0 aliphatic rings. The minimum atomic E-state index is 0.0273. The van der Waals surface area contributed by atoms with Crippen LogP contribution in [0.1, 0.15) is 5.69 Å². The first-order chi connectivity index (χ1) is 10.7. The van der Waals surface area contributed by atoms with Crippen molar-refractivity contribution < 1.29 is 0 Å². The van der Waals surface area contributed by atoms with Crippen molar-refractivity contribution >= 4 is 11.9 Å². The van der Waals surface area contributed by atoms with Crippen LogP contribution in [0.15, 0.2) is 53.9 Å². The summed E-state index contributed by atoms with van der Waals surface area (Å²) in [6.45, 7) is 1.83. The SMILES string of the molecule is Cc1cn(/C=C/C(=C(C#N)C#N)N(C)c2ccccc2)nn1. The van der Waals surface area contributed by atoms with Gasteiger partial charge in [-0.3, -0.25) is 0 Å². The van der Waals surface area contributed by atoms with Gasteiger partial charge >= 0.3 is 0 Å². The third-order valence-corrected chi connectivity index (χ3v) is 2.99. The number of aromatic nitrogens is 3. The summed E-state index contributed by atoms with van der Waals surface area (Å²) in [6, 6.07) is 13.4. The largest absolute Gasteiger partial charge is 0.343 e. The number of allylic oxidation sites excluding steroid dienone is 2. The summed E-state index contributed by atoms with van der Waals surface area (Å²) in [5.41, 5.74) is 2.18. The number of nitriles is 2. The van der Waals surface area contributed by atoms with E-state index in [0.717, 1.165) is 11.4 Å². The maximum atomic E-state index is 9.17. The predicted molar refractivity (Wildman–Crippen MR) is 83.2 cm³/mol. The zero-order valence-corrected chi connectivity index (χ0v) is 12.3. The quantitative estimate of drug-likeness (QED) is 0.638. The topological polar surface area (TPSA) is 81.5 Å². The molecule has 0 bridgehead atoms. The highest BCUT2D eigenvalue weighted by Crippen LogP contribution is 2.20. The Hall–Kier alpha value is -3.38. The van der Waals surface area contributed by atoms with Crippen molar-refractivity contribution in [1.29, 1.82) is 10.5 Å². The van der Waals surface area contributed by atoms with Gasteiger partial charge < -0.3 is 4.90 Å². The Morgan fingerprint density at radius 1 is 1.23 bits per heavy atom. The first-order valence-corrected chi connectivity index (χ1v) is 6.55. The van der Waals surface area contributed by atoms with E-state index in [4.69, 9.17) is 10.5 Å². The fourth-order valence-electron chi connectivity index (χ4n) is 1.88. The molecule has 1 aromatic carbocycles. The van der Waals surface area contributed by atoms with E-state index in [-0.39, 0.29) is 5.57 Å². The lowest BCUT2D eigenvalue weighted by atomic mass is 10.2. The van der Waals surface area contributed by atoms with Gasteiger partial charge in [0.1, 0.15) is 12.1 Å². The number of hydrogen-bond acceptors (Lipinski definition) is 5. The Kier molecular flexibility index (Phi) is 4.69. The van der Waals surface area contributed by atoms with Gasteiger partial charge in [0.2, 0.25) is 0 Å². The lowest BCUT2D eigenvalue weighted by Crippen LogP contribution is -2.16. The van der Waals surface area contributed by atoms with Gasteiger partial charge in [-0.1, -0.05) is 23.4 Å². The van der Waals surface area contributed by atoms with Crippen LogP contribution in [-0.2, 0) is 0 Å². The third kappa shape index (κ3) is 3.38. The number of para-hydroxylation sites is 1. The fraction of sp³-hybridized carbons (Fsp3) is 0.125. The predicted octanol–water partition coefficient (Wildman–Crippen LogP) is 2.49. The number of rotatable bonds is 4. The van der Waals surface area contributed by atoms with E-state index in [2.05, 4.69) is 10.3 Å². The second kappa shape index (κ2) is 6.87. The Morgan fingerprint density at radius 3 is 2.45 bits per heavy atom. The zero-order chi connectivity index (χ0) is 15.9. The molecule has 1 aromatic heterocycles. The molecule has 0 radical (unpaired) electrons. The Labute approximate surface area is 128 Å². The number of anilines is 1. The van der Waals surface area contributed by atoms with Crippen LogP contribution in [-0.4, -0.2) is 22.0 Å². The molecule has 108 valence electrons. The van der Waals surface area contributed by atoms with Gasteiger partial charge in [-0.15, -0.1) is 5.10 Å². The molecule has 0 amide bonds. The molecule has 0 spiro atoms. The summed E-state index contributed by atoms with van der Waals surface area (Å²) in [5.74, 6) is 0. The molecular formula is C16H14N6. The maximum Gasteiger partial charge on any atom is 0.153 e. The molecular weight excluding hydrogens is 276 g/mol. The van der Waals surface area contributed by atoms with Crippen LogP contribution < -0.4 is 4.90 Å². The lowest BCUT2D eigenvalue weighted by molar-refractivity contribution is 0.836. The van der Waals surface area contributed by atoms with E-state index in [9.17, 15) is 0 Å². The summed E-state index contributed by atoms with van der Waals surface area (Å²) in [6.07, 6.45) is 5.07. The molecule has 6 nitrogen and oxygen atoms in total. The summed E-state index contributed by atoms with van der Waals surface area (Å²) >= 11 is 0. The van der Waals surface area contributed by atoms with Crippen LogP contribution in [0.25, 0.3) is 6.20 Å². The van der Waals surface area contributed by atoms with E-state index >= 15 is 0 Å². The van der Waals surface area contributed by atoms with Crippen molar-refractivity contribution in [3.05, 3.63) is 59.6 Å². The van der Waals surface area contributed by atoms with Gasteiger partial charge in [-0.05, 0) is 25.1 Å². The number of likely N-dealkylation sites (N-methyl/N-ethyl adjacent to an activating group) is 1.